The van der Waals surface area contributed by atoms with E-state index >= 15 is 0 Å². The fraction of sp³-hybridized carbons (Fsp3) is 0.567. The first-order valence-electron chi connectivity index (χ1n) is 13.7. The largest absolute Gasteiger partial charge is 0.380 e. The van der Waals surface area contributed by atoms with E-state index in [1.807, 2.05) is 13.0 Å². The number of benzene rings is 1. The van der Waals surface area contributed by atoms with Crippen LogP contribution in [0.3, 0.4) is 0 Å². The lowest BCUT2D eigenvalue weighted by Crippen LogP contribution is -2.51. The van der Waals surface area contributed by atoms with Crippen molar-refractivity contribution in [1.82, 2.24) is 15.6 Å². The Labute approximate surface area is 222 Å². The van der Waals surface area contributed by atoms with E-state index in [1.165, 1.54) is 6.42 Å². The van der Waals surface area contributed by atoms with E-state index in [2.05, 4.69) is 61.9 Å². The molecule has 2 saturated heterocycles. The van der Waals surface area contributed by atoms with Crippen molar-refractivity contribution >= 4 is 22.6 Å². The Morgan fingerprint density at radius 3 is 2.57 bits per heavy atom. The molecule has 3 atom stereocenters. The monoisotopic (exact) mass is 505 g/mol. The maximum Gasteiger partial charge on any atom is 0.259 e. The summed E-state index contributed by atoms with van der Waals surface area (Å²) in [6.45, 7) is 18.5. The van der Waals surface area contributed by atoms with Gasteiger partial charge in [0.05, 0.1) is 23.3 Å². The third-order valence-electron chi connectivity index (χ3n) is 7.02. The van der Waals surface area contributed by atoms with Gasteiger partial charge in [-0.1, -0.05) is 33.8 Å². The maximum atomic E-state index is 13.4. The lowest BCUT2D eigenvalue weighted by Gasteiger charge is -2.40. The summed E-state index contributed by atoms with van der Waals surface area (Å²) >= 11 is 0. The van der Waals surface area contributed by atoms with Crippen LogP contribution in [0.5, 0.6) is 0 Å². The second-order valence-corrected chi connectivity index (χ2v) is 10.4. The quantitative estimate of drug-likeness (QED) is 0.547. The van der Waals surface area contributed by atoms with Crippen LogP contribution < -0.4 is 15.5 Å². The number of ether oxygens (including phenoxy) is 1. The molecular formula is C30H43N5O2. The van der Waals surface area contributed by atoms with Gasteiger partial charge in [0.25, 0.3) is 5.91 Å². The van der Waals surface area contributed by atoms with E-state index in [1.54, 1.807) is 6.92 Å². The molecule has 0 radical (unpaired) electrons. The van der Waals surface area contributed by atoms with Crippen LogP contribution in [-0.4, -0.2) is 48.8 Å². The number of allylic oxidation sites excluding steroid dienone is 1. The number of nitrogens with one attached hydrogen (secondary N) is 2. The molecule has 0 bridgehead atoms. The third-order valence-corrected chi connectivity index (χ3v) is 7.02. The third kappa shape index (κ3) is 6.68. The number of pyridine rings is 1. The van der Waals surface area contributed by atoms with E-state index in [0.29, 0.717) is 40.2 Å². The molecule has 37 heavy (non-hydrogen) atoms. The van der Waals surface area contributed by atoms with Crippen LogP contribution in [0.2, 0.25) is 0 Å². The van der Waals surface area contributed by atoms with Gasteiger partial charge in [0.1, 0.15) is 11.9 Å². The first-order valence-corrected chi connectivity index (χ1v) is 13.7. The van der Waals surface area contributed by atoms with Gasteiger partial charge in [0, 0.05) is 42.4 Å². The SMILES string of the molecule is C=C(C)NC(=O)c1c(N2CCC(NC3CCOC3)CC2C)nc2c(C#N)cc(CC)cc2c1C.CCC. The van der Waals surface area contributed by atoms with Crippen molar-refractivity contribution in [2.24, 2.45) is 0 Å². The van der Waals surface area contributed by atoms with Crippen LogP contribution in [-0.2, 0) is 11.2 Å². The summed E-state index contributed by atoms with van der Waals surface area (Å²) in [6.07, 6.45) is 5.03. The van der Waals surface area contributed by atoms with Gasteiger partial charge < -0.3 is 20.3 Å². The number of piperidine rings is 1. The summed E-state index contributed by atoms with van der Waals surface area (Å²) in [6, 6.07) is 7.32. The molecular weight excluding hydrogens is 462 g/mol. The highest BCUT2D eigenvalue weighted by molar-refractivity contribution is 6.06. The van der Waals surface area contributed by atoms with Crippen LogP contribution in [0.4, 0.5) is 5.82 Å². The molecule has 2 aromatic rings. The molecule has 2 aliphatic rings. The Kier molecular flexibility index (Phi) is 10.1. The normalized spacial score (nSPS) is 21.2. The number of nitrogens with zero attached hydrogens (tertiary/aromatic N) is 3. The number of aromatic nitrogens is 1. The summed E-state index contributed by atoms with van der Waals surface area (Å²) in [7, 11) is 0. The molecule has 200 valence electrons. The second kappa shape index (κ2) is 13.0. The van der Waals surface area contributed by atoms with Crippen molar-refractivity contribution in [3.8, 4) is 6.07 Å². The Bertz CT molecular complexity index is 1160. The molecule has 4 rings (SSSR count). The Hall–Kier alpha value is -2.95. The highest BCUT2D eigenvalue weighted by atomic mass is 16.5. The minimum Gasteiger partial charge on any atom is -0.380 e. The molecule has 0 saturated carbocycles. The summed E-state index contributed by atoms with van der Waals surface area (Å²) < 4.78 is 5.52. The molecule has 3 heterocycles. The summed E-state index contributed by atoms with van der Waals surface area (Å²) in [5.41, 5.74) is 4.27. The first-order chi connectivity index (χ1) is 17.7. The van der Waals surface area contributed by atoms with Crippen LogP contribution in [0, 0.1) is 18.3 Å². The number of nitriles is 1. The number of carbonyl (C=O) groups excluding carboxylic acids is 1. The van der Waals surface area contributed by atoms with Gasteiger partial charge in [0.2, 0.25) is 0 Å². The summed E-state index contributed by atoms with van der Waals surface area (Å²) in [5, 5.41) is 17.3. The first kappa shape index (κ1) is 28.6. The molecule has 7 heteroatoms. The lowest BCUT2D eigenvalue weighted by molar-refractivity contribution is 0.0965. The number of amides is 1. The maximum absolute atomic E-state index is 13.4. The topological polar surface area (TPSA) is 90.3 Å². The average molecular weight is 506 g/mol. The van der Waals surface area contributed by atoms with Crippen molar-refractivity contribution in [2.75, 3.05) is 24.7 Å². The minimum absolute atomic E-state index is 0.190. The molecule has 1 aromatic carbocycles. The number of hydrogen-bond acceptors (Lipinski definition) is 6. The molecule has 3 unspecified atom stereocenters. The predicted octanol–water partition coefficient (Wildman–Crippen LogP) is 5.39. The Balaban J connectivity index is 0.00000121. The van der Waals surface area contributed by atoms with Gasteiger partial charge >= 0.3 is 0 Å². The number of anilines is 1. The van der Waals surface area contributed by atoms with Crippen molar-refractivity contribution in [3.05, 3.63) is 46.7 Å². The van der Waals surface area contributed by atoms with Crippen LogP contribution in [0.25, 0.3) is 10.9 Å². The Morgan fingerprint density at radius 2 is 2.00 bits per heavy atom. The molecule has 7 nitrogen and oxygen atoms in total. The molecule has 1 aromatic heterocycles. The number of fused-ring (bicyclic) bond motifs is 1. The molecule has 0 spiro atoms. The van der Waals surface area contributed by atoms with Crippen molar-refractivity contribution in [3.63, 3.8) is 0 Å². The molecule has 2 aliphatic heterocycles. The van der Waals surface area contributed by atoms with Gasteiger partial charge in [-0.05, 0) is 69.7 Å². The van der Waals surface area contributed by atoms with Gasteiger partial charge in [-0.15, -0.1) is 0 Å². The van der Waals surface area contributed by atoms with Crippen molar-refractivity contribution in [2.45, 2.75) is 91.8 Å². The van der Waals surface area contributed by atoms with Crippen LogP contribution in [0.1, 0.15) is 87.4 Å². The smallest absolute Gasteiger partial charge is 0.259 e. The van der Waals surface area contributed by atoms with E-state index in [-0.39, 0.29) is 11.9 Å². The lowest BCUT2D eigenvalue weighted by atomic mass is 9.94. The fourth-order valence-electron chi connectivity index (χ4n) is 5.23. The van der Waals surface area contributed by atoms with E-state index in [9.17, 15) is 10.1 Å². The van der Waals surface area contributed by atoms with E-state index < -0.39 is 0 Å². The zero-order valence-electron chi connectivity index (χ0n) is 23.4. The van der Waals surface area contributed by atoms with Gasteiger partial charge in [-0.25, -0.2) is 4.98 Å². The zero-order chi connectivity index (χ0) is 27.1. The minimum atomic E-state index is -0.203. The summed E-state index contributed by atoms with van der Waals surface area (Å²) in [4.78, 5) is 20.6. The van der Waals surface area contributed by atoms with Crippen LogP contribution in [0.15, 0.2) is 24.4 Å². The number of hydrogen-bond donors (Lipinski definition) is 2. The molecule has 0 aliphatic carbocycles. The van der Waals surface area contributed by atoms with Crippen molar-refractivity contribution in [1.29, 1.82) is 5.26 Å². The molecule has 2 fully saturated rings. The van der Waals surface area contributed by atoms with Crippen molar-refractivity contribution < 1.29 is 9.53 Å². The Morgan fingerprint density at radius 1 is 1.27 bits per heavy atom. The number of rotatable bonds is 6. The fourth-order valence-corrected chi connectivity index (χ4v) is 5.23. The molecule has 2 N–H and O–H groups in total. The van der Waals surface area contributed by atoms with Gasteiger partial charge in [0.15, 0.2) is 0 Å². The van der Waals surface area contributed by atoms with Gasteiger partial charge in [-0.3, -0.25) is 4.79 Å². The van der Waals surface area contributed by atoms with E-state index in [0.717, 1.165) is 62.0 Å². The highest BCUT2D eigenvalue weighted by Gasteiger charge is 2.32. The van der Waals surface area contributed by atoms with Crippen LogP contribution >= 0.6 is 0 Å². The van der Waals surface area contributed by atoms with Gasteiger partial charge in [-0.2, -0.15) is 5.26 Å². The van der Waals surface area contributed by atoms with E-state index in [4.69, 9.17) is 9.72 Å². The molecule has 1 amide bonds. The summed E-state index contributed by atoms with van der Waals surface area (Å²) in [5.74, 6) is 0.449. The predicted molar refractivity (Wildman–Crippen MR) is 151 cm³/mol. The number of aryl methyl sites for hydroxylation is 2. The zero-order valence-corrected chi connectivity index (χ0v) is 23.4. The highest BCUT2D eigenvalue weighted by Crippen LogP contribution is 2.34. The average Bonchev–Trinajstić information content (AvgIpc) is 3.36. The standard InChI is InChI=1S/C27H35N5O2.C3H8/c1-6-19-12-20(14-28)25-23(13-19)18(5)24(27(33)29-16(2)3)26(31-25)32-9-7-21(11-17(32)4)30-22-8-10-34-15-22;1-3-2/h12-13,17,21-22,30H,2,6-11,15H2,1,3-5H3,(H,29,33);3H2,1-2H3. The number of carbonyl (C=O) groups is 1. The second-order valence-electron chi connectivity index (χ2n) is 10.4.